The number of anilines is 2. The van der Waals surface area contributed by atoms with Crippen molar-refractivity contribution >= 4 is 22.5 Å². The van der Waals surface area contributed by atoms with E-state index in [1.165, 1.54) is 12.8 Å². The molecule has 0 saturated carbocycles. The fourth-order valence-corrected chi connectivity index (χ4v) is 5.68. The van der Waals surface area contributed by atoms with Gasteiger partial charge in [-0.3, -0.25) is 15.3 Å². The number of pyridine rings is 2. The van der Waals surface area contributed by atoms with E-state index in [1.807, 2.05) is 12.1 Å². The third-order valence-electron chi connectivity index (χ3n) is 7.24. The topological polar surface area (TPSA) is 110 Å². The smallest absolute Gasteiger partial charge is 0.138 e. The van der Waals surface area contributed by atoms with E-state index in [-0.39, 0.29) is 6.17 Å². The highest BCUT2D eigenvalue weighted by Crippen LogP contribution is 2.38. The van der Waals surface area contributed by atoms with Gasteiger partial charge in [0.2, 0.25) is 0 Å². The standard InChI is InChI=1S/C24H34N8O/c1-15-9-23(31-30-15)28-22-13-21-20(12-19(33-2)14-26-21)24(29-22)27-16-10-17-5-6-18(11-16)32(17)8-4-3-7-25/h12-18,23,30-31H,3-6,8-11H2,1-2H3,(H2,27,28,29)/t15?,16?,17-,18+,23?. The largest absolute Gasteiger partial charge is 0.495 e. The summed E-state index contributed by atoms with van der Waals surface area (Å²) in [6.07, 6.45) is 9.18. The lowest BCUT2D eigenvalue weighted by atomic mass is 9.96. The second-order valence-corrected chi connectivity index (χ2v) is 9.62. The maximum absolute atomic E-state index is 8.89. The van der Waals surface area contributed by atoms with E-state index in [0.29, 0.717) is 30.6 Å². The molecule has 2 aromatic rings. The Labute approximate surface area is 195 Å². The van der Waals surface area contributed by atoms with E-state index in [0.717, 1.165) is 60.5 Å². The molecule has 3 aliphatic rings. The lowest BCUT2D eigenvalue weighted by Gasteiger charge is -2.39. The molecule has 0 spiro atoms. The Morgan fingerprint density at radius 3 is 2.70 bits per heavy atom. The summed E-state index contributed by atoms with van der Waals surface area (Å²) in [5, 5.41) is 17.1. The van der Waals surface area contributed by atoms with Gasteiger partial charge in [0.25, 0.3) is 0 Å². The van der Waals surface area contributed by atoms with Crippen LogP contribution in [-0.4, -0.2) is 58.9 Å². The molecule has 3 saturated heterocycles. The first-order valence-corrected chi connectivity index (χ1v) is 12.1. The molecule has 4 N–H and O–H groups in total. The molecular formula is C24H34N8O. The summed E-state index contributed by atoms with van der Waals surface area (Å²) >= 11 is 0. The number of hydrogen-bond donors (Lipinski definition) is 4. The average molecular weight is 451 g/mol. The van der Waals surface area contributed by atoms with Crippen molar-refractivity contribution in [3.05, 3.63) is 18.3 Å². The summed E-state index contributed by atoms with van der Waals surface area (Å²) in [5.41, 5.74) is 7.43. The molecule has 9 nitrogen and oxygen atoms in total. The zero-order valence-electron chi connectivity index (χ0n) is 19.5. The minimum Gasteiger partial charge on any atom is -0.495 e. The van der Waals surface area contributed by atoms with Gasteiger partial charge in [0.05, 0.1) is 31.1 Å². The SMILES string of the molecule is COc1cnc2cc(NC3CC(C)NN3)nc(NC3C[C@H]4CC[C@@H](C3)N4CCCC#N)c2c1. The molecule has 3 fully saturated rings. The van der Waals surface area contributed by atoms with Crippen LogP contribution < -0.4 is 26.2 Å². The van der Waals surface area contributed by atoms with E-state index in [9.17, 15) is 0 Å². The number of rotatable bonds is 8. The lowest BCUT2D eigenvalue weighted by Crippen LogP contribution is -2.47. The molecule has 5 heterocycles. The number of hydrazine groups is 1. The first kappa shape index (κ1) is 22.1. The Hall–Kier alpha value is -2.67. The molecule has 2 aromatic heterocycles. The Balaban J connectivity index is 1.36. The highest BCUT2D eigenvalue weighted by atomic mass is 16.5. The fourth-order valence-electron chi connectivity index (χ4n) is 5.68. The van der Waals surface area contributed by atoms with Gasteiger partial charge in [0.15, 0.2) is 0 Å². The number of methoxy groups -OCH3 is 1. The number of piperidine rings is 1. The van der Waals surface area contributed by atoms with Crippen molar-refractivity contribution in [1.82, 2.24) is 25.7 Å². The highest BCUT2D eigenvalue weighted by Gasteiger charge is 2.40. The zero-order valence-corrected chi connectivity index (χ0v) is 19.5. The highest BCUT2D eigenvalue weighted by molar-refractivity contribution is 5.92. The van der Waals surface area contributed by atoms with Crippen LogP contribution in [0.3, 0.4) is 0 Å². The number of unbranched alkanes of at least 4 members (excludes halogenated alkanes) is 1. The van der Waals surface area contributed by atoms with Gasteiger partial charge < -0.3 is 15.4 Å². The molecule has 176 valence electrons. The Morgan fingerprint density at radius 2 is 2.00 bits per heavy atom. The summed E-state index contributed by atoms with van der Waals surface area (Å²) in [6, 6.07) is 8.28. The predicted molar refractivity (Wildman–Crippen MR) is 129 cm³/mol. The fraction of sp³-hybridized carbons (Fsp3) is 0.625. The van der Waals surface area contributed by atoms with E-state index in [4.69, 9.17) is 15.0 Å². The van der Waals surface area contributed by atoms with Crippen LogP contribution in [-0.2, 0) is 0 Å². The van der Waals surface area contributed by atoms with Crippen LogP contribution in [0.15, 0.2) is 18.3 Å². The summed E-state index contributed by atoms with van der Waals surface area (Å²) in [5.74, 6) is 2.41. The summed E-state index contributed by atoms with van der Waals surface area (Å²) in [4.78, 5) is 12.3. The maximum Gasteiger partial charge on any atom is 0.138 e. The van der Waals surface area contributed by atoms with Gasteiger partial charge >= 0.3 is 0 Å². The normalized spacial score (nSPS) is 29.2. The van der Waals surface area contributed by atoms with Crippen molar-refractivity contribution in [3.63, 3.8) is 0 Å². The number of aromatic nitrogens is 2. The first-order chi connectivity index (χ1) is 16.1. The second kappa shape index (κ2) is 9.67. The van der Waals surface area contributed by atoms with Crippen LogP contribution in [0.1, 0.15) is 51.9 Å². The van der Waals surface area contributed by atoms with Crippen LogP contribution in [0.4, 0.5) is 11.6 Å². The molecule has 5 rings (SSSR count). The molecule has 33 heavy (non-hydrogen) atoms. The van der Waals surface area contributed by atoms with Gasteiger partial charge in [-0.2, -0.15) is 5.26 Å². The maximum atomic E-state index is 8.89. The number of fused-ring (bicyclic) bond motifs is 3. The van der Waals surface area contributed by atoms with Crippen LogP contribution in [0.25, 0.3) is 10.9 Å². The summed E-state index contributed by atoms with van der Waals surface area (Å²) in [7, 11) is 1.67. The van der Waals surface area contributed by atoms with Gasteiger partial charge in [-0.25, -0.2) is 10.4 Å². The van der Waals surface area contributed by atoms with Gasteiger partial charge in [-0.05, 0) is 58.1 Å². The summed E-state index contributed by atoms with van der Waals surface area (Å²) in [6.45, 7) is 3.20. The Morgan fingerprint density at radius 1 is 1.18 bits per heavy atom. The van der Waals surface area contributed by atoms with Crippen LogP contribution >= 0.6 is 0 Å². The van der Waals surface area contributed by atoms with Crippen LogP contribution in [0.5, 0.6) is 5.75 Å². The molecule has 5 atom stereocenters. The second-order valence-electron chi connectivity index (χ2n) is 9.62. The first-order valence-electron chi connectivity index (χ1n) is 12.1. The van der Waals surface area contributed by atoms with Crippen molar-refractivity contribution in [1.29, 1.82) is 5.26 Å². The molecule has 9 heteroatoms. The third kappa shape index (κ3) is 4.83. The van der Waals surface area contributed by atoms with Gasteiger partial charge in [-0.1, -0.05) is 0 Å². The number of nitriles is 1. The Kier molecular flexibility index (Phi) is 6.49. The molecule has 0 aromatic carbocycles. The molecule has 0 radical (unpaired) electrons. The van der Waals surface area contributed by atoms with Crippen molar-refractivity contribution in [2.24, 2.45) is 0 Å². The van der Waals surface area contributed by atoms with E-state index < -0.39 is 0 Å². The average Bonchev–Trinajstić information content (AvgIpc) is 3.32. The van der Waals surface area contributed by atoms with Crippen LogP contribution in [0.2, 0.25) is 0 Å². The molecule has 3 unspecified atom stereocenters. The van der Waals surface area contributed by atoms with Crippen molar-refractivity contribution in [3.8, 4) is 11.8 Å². The number of hydrogen-bond acceptors (Lipinski definition) is 9. The minimum atomic E-state index is 0.128. The predicted octanol–water partition coefficient (Wildman–Crippen LogP) is 2.97. The van der Waals surface area contributed by atoms with Crippen molar-refractivity contribution in [2.45, 2.75) is 82.2 Å². The number of nitrogens with one attached hydrogen (secondary N) is 4. The van der Waals surface area contributed by atoms with Gasteiger partial charge in [0.1, 0.15) is 17.4 Å². The van der Waals surface area contributed by atoms with E-state index in [2.05, 4.69) is 44.4 Å². The number of nitrogens with zero attached hydrogens (tertiary/aromatic N) is 4. The molecule has 3 aliphatic heterocycles. The molecule has 0 aliphatic carbocycles. The van der Waals surface area contributed by atoms with Gasteiger partial charge in [0, 0.05) is 42.0 Å². The Bertz CT molecular complexity index is 1010. The van der Waals surface area contributed by atoms with Crippen LogP contribution in [0, 0.1) is 11.3 Å². The minimum absolute atomic E-state index is 0.128. The van der Waals surface area contributed by atoms with Crippen molar-refractivity contribution < 1.29 is 4.74 Å². The monoisotopic (exact) mass is 450 g/mol. The summed E-state index contributed by atoms with van der Waals surface area (Å²) < 4.78 is 5.44. The number of ether oxygens (including phenoxy) is 1. The van der Waals surface area contributed by atoms with E-state index >= 15 is 0 Å². The van der Waals surface area contributed by atoms with E-state index in [1.54, 1.807) is 13.3 Å². The van der Waals surface area contributed by atoms with Gasteiger partial charge in [-0.15, -0.1) is 0 Å². The zero-order chi connectivity index (χ0) is 22.8. The quantitative estimate of drug-likeness (QED) is 0.451. The lowest BCUT2D eigenvalue weighted by molar-refractivity contribution is 0.131. The van der Waals surface area contributed by atoms with Crippen molar-refractivity contribution in [2.75, 3.05) is 24.3 Å². The molecule has 0 amide bonds. The third-order valence-corrected chi connectivity index (χ3v) is 7.24. The molecule has 2 bridgehead atoms. The molecular weight excluding hydrogens is 416 g/mol.